The first-order valence-electron chi connectivity index (χ1n) is 10.8. The van der Waals surface area contributed by atoms with E-state index in [-0.39, 0.29) is 11.8 Å². The molecule has 30 heavy (non-hydrogen) atoms. The molecule has 1 fully saturated rings. The predicted molar refractivity (Wildman–Crippen MR) is 112 cm³/mol. The summed E-state index contributed by atoms with van der Waals surface area (Å²) in [6.07, 6.45) is 6.49. The van der Waals surface area contributed by atoms with E-state index in [4.69, 9.17) is 0 Å². The van der Waals surface area contributed by atoms with E-state index < -0.39 is 10.0 Å². The van der Waals surface area contributed by atoms with E-state index in [1.165, 1.54) is 9.87 Å². The van der Waals surface area contributed by atoms with Gasteiger partial charge >= 0.3 is 0 Å². The summed E-state index contributed by atoms with van der Waals surface area (Å²) in [6, 6.07) is 5.52. The van der Waals surface area contributed by atoms with Crippen molar-refractivity contribution in [2.45, 2.75) is 56.9 Å². The highest BCUT2D eigenvalue weighted by Crippen LogP contribution is 2.28. The van der Waals surface area contributed by atoms with E-state index in [2.05, 4.69) is 15.5 Å². The van der Waals surface area contributed by atoms with Crippen molar-refractivity contribution in [3.8, 4) is 0 Å². The fraction of sp³-hybridized carbons (Fsp3) is 0.571. The molecule has 0 spiro atoms. The molecular formula is C21H29N5O3S. The van der Waals surface area contributed by atoms with E-state index in [1.807, 2.05) is 23.6 Å². The van der Waals surface area contributed by atoms with Crippen LogP contribution in [0.15, 0.2) is 29.4 Å². The maximum atomic E-state index is 13.0. The number of rotatable bonds is 7. The number of carbonyl (C=O) groups excluding carboxylic acids is 1. The summed E-state index contributed by atoms with van der Waals surface area (Å²) in [5.74, 6) is 0.695. The Labute approximate surface area is 177 Å². The third-order valence-corrected chi connectivity index (χ3v) is 8.11. The van der Waals surface area contributed by atoms with Gasteiger partial charge in [0.15, 0.2) is 0 Å². The van der Waals surface area contributed by atoms with Gasteiger partial charge in [0.25, 0.3) is 0 Å². The van der Waals surface area contributed by atoms with Crippen LogP contribution in [0.2, 0.25) is 0 Å². The summed E-state index contributed by atoms with van der Waals surface area (Å²) in [5, 5.41) is 10.9. The molecule has 0 bridgehead atoms. The minimum absolute atomic E-state index is 0.00728. The van der Waals surface area contributed by atoms with Gasteiger partial charge in [0, 0.05) is 38.5 Å². The topological polar surface area (TPSA) is 97.2 Å². The molecule has 2 heterocycles. The third-order valence-electron chi connectivity index (χ3n) is 6.22. The summed E-state index contributed by atoms with van der Waals surface area (Å²) in [7, 11) is -3.50. The molecule has 0 atom stereocenters. The number of nitrogens with one attached hydrogen (secondary N) is 1. The molecule has 8 nitrogen and oxygen atoms in total. The average Bonchev–Trinajstić information content (AvgIpc) is 3.42. The van der Waals surface area contributed by atoms with Crippen molar-refractivity contribution in [3.05, 3.63) is 41.5 Å². The highest BCUT2D eigenvalue weighted by atomic mass is 32.2. The average molecular weight is 432 g/mol. The number of carbonyl (C=O) groups is 1. The summed E-state index contributed by atoms with van der Waals surface area (Å²) < 4.78 is 29.6. The minimum Gasteiger partial charge on any atom is -0.355 e. The molecule has 1 aliphatic heterocycles. The number of nitrogens with zero attached hydrogens (tertiary/aromatic N) is 4. The molecule has 1 aliphatic carbocycles. The number of hydrogen-bond donors (Lipinski definition) is 1. The molecule has 1 N–H and O–H groups in total. The molecule has 1 saturated heterocycles. The molecule has 9 heteroatoms. The minimum atomic E-state index is -3.50. The lowest BCUT2D eigenvalue weighted by molar-refractivity contribution is -0.126. The van der Waals surface area contributed by atoms with Crippen LogP contribution in [0.5, 0.6) is 0 Å². The van der Waals surface area contributed by atoms with Crippen LogP contribution in [0.3, 0.4) is 0 Å². The molecule has 0 saturated carbocycles. The fourth-order valence-corrected chi connectivity index (χ4v) is 5.92. The first-order valence-corrected chi connectivity index (χ1v) is 12.2. The maximum absolute atomic E-state index is 13.0. The monoisotopic (exact) mass is 431 g/mol. The lowest BCUT2D eigenvalue weighted by Gasteiger charge is -2.30. The van der Waals surface area contributed by atoms with Gasteiger partial charge in [-0.1, -0.05) is 6.07 Å². The zero-order valence-electron chi connectivity index (χ0n) is 17.4. The Kier molecular flexibility index (Phi) is 6.19. The quantitative estimate of drug-likeness (QED) is 0.717. The number of sulfonamides is 1. The lowest BCUT2D eigenvalue weighted by Crippen LogP contribution is -2.43. The van der Waals surface area contributed by atoms with Crippen LogP contribution in [0.25, 0.3) is 0 Å². The van der Waals surface area contributed by atoms with Crippen LogP contribution >= 0.6 is 0 Å². The molecule has 0 radical (unpaired) electrons. The van der Waals surface area contributed by atoms with Crippen molar-refractivity contribution in [2.24, 2.45) is 5.92 Å². The van der Waals surface area contributed by atoms with Gasteiger partial charge in [-0.25, -0.2) is 8.42 Å². The van der Waals surface area contributed by atoms with Crippen LogP contribution in [0.4, 0.5) is 0 Å². The molecule has 162 valence electrons. The molecular weight excluding hydrogens is 402 g/mol. The van der Waals surface area contributed by atoms with Crippen LogP contribution in [0, 0.1) is 5.92 Å². The van der Waals surface area contributed by atoms with Gasteiger partial charge in [-0.05, 0) is 62.3 Å². The molecule has 1 aromatic carbocycles. The van der Waals surface area contributed by atoms with Crippen LogP contribution < -0.4 is 5.32 Å². The van der Waals surface area contributed by atoms with Gasteiger partial charge in [-0.15, -0.1) is 10.2 Å². The molecule has 1 aromatic heterocycles. The van der Waals surface area contributed by atoms with Gasteiger partial charge in [-0.3, -0.25) is 4.79 Å². The van der Waals surface area contributed by atoms with E-state index in [1.54, 1.807) is 12.4 Å². The number of piperidine rings is 1. The number of fused-ring (bicyclic) bond motifs is 1. The van der Waals surface area contributed by atoms with E-state index in [9.17, 15) is 13.2 Å². The Bertz CT molecular complexity index is 1010. The number of benzene rings is 1. The highest BCUT2D eigenvalue weighted by molar-refractivity contribution is 7.89. The number of aromatic nitrogens is 3. The highest BCUT2D eigenvalue weighted by Gasteiger charge is 2.32. The summed E-state index contributed by atoms with van der Waals surface area (Å²) in [5.41, 5.74) is 2.42. The van der Waals surface area contributed by atoms with Gasteiger partial charge in [0.1, 0.15) is 12.2 Å². The second-order valence-corrected chi connectivity index (χ2v) is 9.97. The molecule has 2 aromatic rings. The van der Waals surface area contributed by atoms with Crippen molar-refractivity contribution in [2.75, 3.05) is 19.6 Å². The zero-order valence-corrected chi connectivity index (χ0v) is 18.2. The first kappa shape index (κ1) is 21.0. The smallest absolute Gasteiger partial charge is 0.243 e. The summed E-state index contributed by atoms with van der Waals surface area (Å²) in [6.45, 7) is 4.08. The van der Waals surface area contributed by atoms with Gasteiger partial charge < -0.3 is 9.88 Å². The maximum Gasteiger partial charge on any atom is 0.243 e. The van der Waals surface area contributed by atoms with Crippen molar-refractivity contribution in [3.63, 3.8) is 0 Å². The Hall–Kier alpha value is -2.26. The van der Waals surface area contributed by atoms with E-state index in [0.29, 0.717) is 43.8 Å². The van der Waals surface area contributed by atoms with Crippen LogP contribution in [0.1, 0.15) is 43.1 Å². The SMILES string of the molecule is CCn1cnnc1CCNC(=O)C1CCN(S(=O)(=O)c2ccc3c(c2)CCC3)CC1. The number of aryl methyl sites for hydroxylation is 3. The van der Waals surface area contributed by atoms with Crippen LogP contribution in [-0.4, -0.2) is 53.0 Å². The van der Waals surface area contributed by atoms with Crippen molar-refractivity contribution in [1.82, 2.24) is 24.4 Å². The Morgan fingerprint density at radius 1 is 1.20 bits per heavy atom. The molecule has 4 rings (SSSR count). The summed E-state index contributed by atoms with van der Waals surface area (Å²) >= 11 is 0. The normalized spacial score (nSPS) is 17.8. The Morgan fingerprint density at radius 2 is 1.97 bits per heavy atom. The largest absolute Gasteiger partial charge is 0.355 e. The fourth-order valence-electron chi connectivity index (χ4n) is 4.39. The van der Waals surface area contributed by atoms with E-state index >= 15 is 0 Å². The first-order chi connectivity index (χ1) is 14.5. The predicted octanol–water partition coefficient (Wildman–Crippen LogP) is 1.55. The van der Waals surface area contributed by atoms with Crippen molar-refractivity contribution in [1.29, 1.82) is 0 Å². The van der Waals surface area contributed by atoms with Gasteiger partial charge in [0.05, 0.1) is 4.90 Å². The second kappa shape index (κ2) is 8.85. The van der Waals surface area contributed by atoms with Crippen LogP contribution in [-0.2, 0) is 40.6 Å². The number of hydrogen-bond acceptors (Lipinski definition) is 5. The lowest BCUT2D eigenvalue weighted by atomic mass is 9.97. The standard InChI is InChI=1S/C21H29N5O3S/c1-2-25-15-23-24-20(25)8-11-22-21(27)17-9-12-26(13-10-17)30(28,29)19-7-6-16-4-3-5-18(16)14-19/h6-7,14-15,17H,2-5,8-13H2,1H3,(H,22,27). The van der Waals surface area contributed by atoms with Crippen molar-refractivity contribution < 1.29 is 13.2 Å². The van der Waals surface area contributed by atoms with Crippen molar-refractivity contribution >= 4 is 15.9 Å². The van der Waals surface area contributed by atoms with Gasteiger partial charge in [-0.2, -0.15) is 4.31 Å². The summed E-state index contributed by atoms with van der Waals surface area (Å²) in [4.78, 5) is 12.9. The number of amides is 1. The molecule has 1 amide bonds. The Morgan fingerprint density at radius 3 is 2.73 bits per heavy atom. The zero-order chi connectivity index (χ0) is 21.1. The van der Waals surface area contributed by atoms with Gasteiger partial charge in [0.2, 0.25) is 15.9 Å². The van der Waals surface area contributed by atoms with E-state index in [0.717, 1.165) is 37.2 Å². The molecule has 2 aliphatic rings. The second-order valence-electron chi connectivity index (χ2n) is 8.04. The Balaban J connectivity index is 1.29. The third kappa shape index (κ3) is 4.27. The molecule has 0 unspecified atom stereocenters.